The maximum atomic E-state index is 3.52. The Morgan fingerprint density at radius 1 is 1.25 bits per heavy atom. The van der Waals surface area contributed by atoms with Crippen molar-refractivity contribution in [2.24, 2.45) is 5.92 Å². The molecule has 1 saturated carbocycles. The Kier molecular flexibility index (Phi) is 2.37. The van der Waals surface area contributed by atoms with Crippen LogP contribution in [0.1, 0.15) is 32.1 Å². The first-order valence-electron chi connectivity index (χ1n) is 5.27. The molecule has 12 heavy (non-hydrogen) atoms. The minimum atomic E-state index is 0.562. The fourth-order valence-corrected chi connectivity index (χ4v) is 2.57. The molecule has 1 saturated heterocycles. The van der Waals surface area contributed by atoms with E-state index in [9.17, 15) is 0 Å². The highest BCUT2D eigenvalue weighted by Gasteiger charge is 2.47. The minimum Gasteiger partial charge on any atom is -0.317 e. The van der Waals surface area contributed by atoms with E-state index in [0.717, 1.165) is 5.92 Å². The van der Waals surface area contributed by atoms with Crippen LogP contribution < -0.4 is 10.6 Å². The molecule has 1 heterocycles. The highest BCUT2D eigenvalue weighted by Crippen LogP contribution is 2.45. The largest absolute Gasteiger partial charge is 0.317 e. The van der Waals surface area contributed by atoms with Crippen molar-refractivity contribution >= 4 is 0 Å². The quantitative estimate of drug-likeness (QED) is 0.646. The third-order valence-electron chi connectivity index (χ3n) is 3.64. The van der Waals surface area contributed by atoms with Crippen LogP contribution in [0, 0.1) is 5.92 Å². The first kappa shape index (κ1) is 8.52. The average molecular weight is 168 g/mol. The summed E-state index contributed by atoms with van der Waals surface area (Å²) in [6.07, 6.45) is 6.99. The van der Waals surface area contributed by atoms with Crippen molar-refractivity contribution in [3.05, 3.63) is 0 Å². The summed E-state index contributed by atoms with van der Waals surface area (Å²) >= 11 is 0. The molecule has 0 amide bonds. The molecule has 2 fully saturated rings. The number of hydrogen-bond acceptors (Lipinski definition) is 2. The van der Waals surface area contributed by atoms with Gasteiger partial charge in [-0.3, -0.25) is 0 Å². The van der Waals surface area contributed by atoms with E-state index in [1.165, 1.54) is 45.2 Å². The second-order valence-corrected chi connectivity index (χ2v) is 4.28. The van der Waals surface area contributed by atoms with Crippen molar-refractivity contribution in [1.29, 1.82) is 0 Å². The molecule has 2 heteroatoms. The van der Waals surface area contributed by atoms with Crippen LogP contribution in [-0.4, -0.2) is 25.7 Å². The first-order chi connectivity index (χ1) is 5.87. The van der Waals surface area contributed by atoms with E-state index < -0.39 is 0 Å². The number of hydrogen-bond donors (Lipinski definition) is 2. The van der Waals surface area contributed by atoms with Crippen molar-refractivity contribution < 1.29 is 0 Å². The molecule has 1 aliphatic carbocycles. The van der Waals surface area contributed by atoms with Crippen molar-refractivity contribution in [3.63, 3.8) is 0 Å². The van der Waals surface area contributed by atoms with Crippen LogP contribution in [0.15, 0.2) is 0 Å². The molecule has 1 atom stereocenters. The Bertz CT molecular complexity index is 144. The van der Waals surface area contributed by atoms with E-state index in [1.807, 2.05) is 0 Å². The van der Waals surface area contributed by atoms with Crippen LogP contribution in [0.4, 0.5) is 0 Å². The van der Waals surface area contributed by atoms with Gasteiger partial charge >= 0.3 is 0 Å². The van der Waals surface area contributed by atoms with Crippen LogP contribution in [0.3, 0.4) is 0 Å². The summed E-state index contributed by atoms with van der Waals surface area (Å²) in [5.74, 6) is 0.942. The second kappa shape index (κ2) is 3.35. The Labute approximate surface area is 75.1 Å². The van der Waals surface area contributed by atoms with Gasteiger partial charge in [-0.25, -0.2) is 0 Å². The van der Waals surface area contributed by atoms with Crippen molar-refractivity contribution in [3.8, 4) is 0 Å². The van der Waals surface area contributed by atoms with E-state index >= 15 is 0 Å². The van der Waals surface area contributed by atoms with Crippen LogP contribution >= 0.6 is 0 Å². The van der Waals surface area contributed by atoms with Gasteiger partial charge in [0.05, 0.1) is 0 Å². The van der Waals surface area contributed by atoms with Crippen molar-refractivity contribution in [2.75, 3.05) is 20.1 Å². The Balaban J connectivity index is 1.92. The highest BCUT2D eigenvalue weighted by atomic mass is 15.0. The van der Waals surface area contributed by atoms with Crippen LogP contribution in [0.2, 0.25) is 0 Å². The fraction of sp³-hybridized carbons (Fsp3) is 1.00. The molecule has 1 aliphatic heterocycles. The lowest BCUT2D eigenvalue weighted by molar-refractivity contribution is 0.322. The summed E-state index contributed by atoms with van der Waals surface area (Å²) in [6, 6.07) is 0. The molecular weight excluding hydrogens is 148 g/mol. The van der Waals surface area contributed by atoms with Gasteiger partial charge < -0.3 is 10.6 Å². The van der Waals surface area contributed by atoms with E-state index in [2.05, 4.69) is 17.7 Å². The van der Waals surface area contributed by atoms with Gasteiger partial charge in [0.1, 0.15) is 0 Å². The van der Waals surface area contributed by atoms with E-state index in [1.54, 1.807) is 0 Å². The Hall–Kier alpha value is -0.0800. The van der Waals surface area contributed by atoms with Crippen LogP contribution in [0.5, 0.6) is 0 Å². The lowest BCUT2D eigenvalue weighted by Crippen LogP contribution is -2.36. The van der Waals surface area contributed by atoms with Gasteiger partial charge in [0.15, 0.2) is 0 Å². The first-order valence-corrected chi connectivity index (χ1v) is 5.27. The van der Waals surface area contributed by atoms with Gasteiger partial charge in [0, 0.05) is 5.54 Å². The maximum absolute atomic E-state index is 3.52. The third-order valence-corrected chi connectivity index (χ3v) is 3.64. The van der Waals surface area contributed by atoms with E-state index in [-0.39, 0.29) is 0 Å². The Morgan fingerprint density at radius 3 is 2.75 bits per heavy atom. The molecule has 2 nitrogen and oxygen atoms in total. The van der Waals surface area contributed by atoms with Gasteiger partial charge in [-0.1, -0.05) is 0 Å². The summed E-state index contributed by atoms with van der Waals surface area (Å²) in [5.41, 5.74) is 0.562. The molecule has 2 aliphatic rings. The minimum absolute atomic E-state index is 0.562. The zero-order valence-corrected chi connectivity index (χ0v) is 8.03. The summed E-state index contributed by atoms with van der Waals surface area (Å²) in [5, 5.41) is 7.00. The predicted octanol–water partition coefficient (Wildman–Crippen LogP) is 1.13. The Morgan fingerprint density at radius 2 is 2.08 bits per heavy atom. The number of rotatable bonds is 2. The van der Waals surface area contributed by atoms with Gasteiger partial charge in [0.25, 0.3) is 0 Å². The molecular formula is C10H20N2. The summed E-state index contributed by atoms with van der Waals surface area (Å²) in [6.45, 7) is 2.46. The molecule has 0 spiro atoms. The van der Waals surface area contributed by atoms with Crippen LogP contribution in [0.25, 0.3) is 0 Å². The topological polar surface area (TPSA) is 24.1 Å². The molecule has 0 bridgehead atoms. The normalized spacial score (nSPS) is 34.2. The summed E-state index contributed by atoms with van der Waals surface area (Å²) in [7, 11) is 2.13. The van der Waals surface area contributed by atoms with Crippen molar-refractivity contribution in [2.45, 2.75) is 37.6 Å². The van der Waals surface area contributed by atoms with Gasteiger partial charge in [-0.15, -0.1) is 0 Å². The molecule has 2 rings (SSSR count). The van der Waals surface area contributed by atoms with Crippen LogP contribution in [-0.2, 0) is 0 Å². The predicted molar refractivity (Wildman–Crippen MR) is 51.2 cm³/mol. The fourth-order valence-electron chi connectivity index (χ4n) is 2.57. The lowest BCUT2D eigenvalue weighted by atomic mass is 9.90. The second-order valence-electron chi connectivity index (χ2n) is 4.28. The van der Waals surface area contributed by atoms with Crippen molar-refractivity contribution in [1.82, 2.24) is 10.6 Å². The molecule has 1 unspecified atom stereocenters. The standard InChI is InChI=1S/C10H20N2/c1-11-10(5-6-10)9-3-2-7-12-8-4-9/h9,11-12H,2-8H2,1H3. The van der Waals surface area contributed by atoms with E-state index in [4.69, 9.17) is 0 Å². The molecule has 0 radical (unpaired) electrons. The average Bonchev–Trinajstić information content (AvgIpc) is 2.90. The van der Waals surface area contributed by atoms with Gasteiger partial charge in [-0.2, -0.15) is 0 Å². The molecule has 0 aromatic heterocycles. The number of nitrogens with one attached hydrogen (secondary N) is 2. The van der Waals surface area contributed by atoms with Gasteiger partial charge in [0.2, 0.25) is 0 Å². The SMILES string of the molecule is CNC1(C2CCCNCC2)CC1. The monoisotopic (exact) mass is 168 g/mol. The third kappa shape index (κ3) is 1.50. The lowest BCUT2D eigenvalue weighted by Gasteiger charge is -2.24. The zero-order valence-electron chi connectivity index (χ0n) is 8.03. The highest BCUT2D eigenvalue weighted by molar-refractivity contribution is 5.06. The molecule has 70 valence electrons. The maximum Gasteiger partial charge on any atom is 0.0208 e. The smallest absolute Gasteiger partial charge is 0.0208 e. The molecule has 2 N–H and O–H groups in total. The summed E-state index contributed by atoms with van der Waals surface area (Å²) < 4.78 is 0. The zero-order chi connectivity index (χ0) is 8.44. The van der Waals surface area contributed by atoms with E-state index in [0.29, 0.717) is 5.54 Å². The molecule has 0 aromatic rings. The van der Waals surface area contributed by atoms with Gasteiger partial charge in [-0.05, 0) is 58.2 Å². The molecule has 0 aromatic carbocycles. The summed E-state index contributed by atoms with van der Waals surface area (Å²) in [4.78, 5) is 0.